The minimum Gasteiger partial charge on any atom is -0.398 e. The van der Waals surface area contributed by atoms with Crippen LogP contribution in [0, 0.1) is 6.92 Å². The molecule has 0 bridgehead atoms. The van der Waals surface area contributed by atoms with Crippen LogP contribution in [0.15, 0.2) is 46.9 Å². The number of halogens is 1. The van der Waals surface area contributed by atoms with Gasteiger partial charge in [-0.05, 0) is 46.1 Å². The van der Waals surface area contributed by atoms with Crippen LogP contribution in [0.3, 0.4) is 0 Å². The number of nitrogen functional groups attached to an aromatic ring is 1. The predicted molar refractivity (Wildman–Crippen MR) is 82.1 cm³/mol. The number of amides is 1. The Labute approximate surface area is 121 Å². The lowest BCUT2D eigenvalue weighted by molar-refractivity contribution is -0.115. The largest absolute Gasteiger partial charge is 0.398 e. The first-order valence-corrected chi connectivity index (χ1v) is 6.75. The summed E-state index contributed by atoms with van der Waals surface area (Å²) in [6.45, 7) is 1.93. The van der Waals surface area contributed by atoms with Crippen molar-refractivity contribution in [1.82, 2.24) is 0 Å². The van der Waals surface area contributed by atoms with Gasteiger partial charge in [0.2, 0.25) is 5.91 Å². The lowest BCUT2D eigenvalue weighted by Crippen LogP contribution is -2.15. The number of anilines is 2. The van der Waals surface area contributed by atoms with Crippen LogP contribution < -0.4 is 11.1 Å². The molecular weight excluding hydrogens is 304 g/mol. The van der Waals surface area contributed by atoms with Crippen LogP contribution in [0.1, 0.15) is 11.1 Å². The smallest absolute Gasteiger partial charge is 0.228 e. The number of benzene rings is 2. The average molecular weight is 319 g/mol. The first kappa shape index (κ1) is 13.6. The number of nitrogens with two attached hydrogens (primary N) is 1. The Morgan fingerprint density at radius 2 is 1.95 bits per heavy atom. The topological polar surface area (TPSA) is 55.1 Å². The molecule has 3 N–H and O–H groups in total. The van der Waals surface area contributed by atoms with Crippen LogP contribution in [-0.4, -0.2) is 5.91 Å². The fraction of sp³-hybridized carbons (Fsp3) is 0.133. The second kappa shape index (κ2) is 5.89. The maximum atomic E-state index is 12.0. The monoisotopic (exact) mass is 318 g/mol. The molecule has 2 rings (SSSR count). The summed E-state index contributed by atoms with van der Waals surface area (Å²) in [4.78, 5) is 12.0. The van der Waals surface area contributed by atoms with E-state index in [9.17, 15) is 4.79 Å². The van der Waals surface area contributed by atoms with Gasteiger partial charge in [0, 0.05) is 10.2 Å². The highest BCUT2D eigenvalue weighted by atomic mass is 79.9. The average Bonchev–Trinajstić information content (AvgIpc) is 2.37. The van der Waals surface area contributed by atoms with Gasteiger partial charge in [0.1, 0.15) is 0 Å². The summed E-state index contributed by atoms with van der Waals surface area (Å²) in [5.41, 5.74) is 9.17. The van der Waals surface area contributed by atoms with E-state index in [0.29, 0.717) is 17.8 Å². The van der Waals surface area contributed by atoms with Gasteiger partial charge in [0.15, 0.2) is 0 Å². The Hall–Kier alpha value is -1.81. The molecule has 0 saturated carbocycles. The summed E-state index contributed by atoms with van der Waals surface area (Å²) >= 11 is 3.42. The molecule has 19 heavy (non-hydrogen) atoms. The summed E-state index contributed by atoms with van der Waals surface area (Å²) in [7, 11) is 0. The van der Waals surface area contributed by atoms with E-state index in [4.69, 9.17) is 5.73 Å². The lowest BCUT2D eigenvalue weighted by Gasteiger charge is -2.10. The molecule has 0 saturated heterocycles. The second-order valence-corrected chi connectivity index (χ2v) is 5.25. The number of aryl methyl sites for hydroxylation is 1. The SMILES string of the molecule is Cc1cc(Br)c(NC(=O)Cc2ccccc2)cc1N. The molecule has 0 aliphatic carbocycles. The number of hydrogen-bond donors (Lipinski definition) is 2. The summed E-state index contributed by atoms with van der Waals surface area (Å²) in [5.74, 6) is -0.0600. The molecule has 2 aromatic carbocycles. The first-order chi connectivity index (χ1) is 9.06. The molecule has 0 aliphatic rings. The zero-order valence-corrected chi connectivity index (χ0v) is 12.2. The third-order valence-electron chi connectivity index (χ3n) is 2.84. The molecule has 0 radical (unpaired) electrons. The minimum atomic E-state index is -0.0600. The van der Waals surface area contributed by atoms with Crippen molar-refractivity contribution in [2.45, 2.75) is 13.3 Å². The van der Waals surface area contributed by atoms with Crippen LogP contribution in [-0.2, 0) is 11.2 Å². The molecule has 0 spiro atoms. The molecule has 4 heteroatoms. The van der Waals surface area contributed by atoms with Crippen molar-refractivity contribution in [3.63, 3.8) is 0 Å². The Morgan fingerprint density at radius 3 is 2.63 bits per heavy atom. The Balaban J connectivity index is 2.09. The summed E-state index contributed by atoms with van der Waals surface area (Å²) < 4.78 is 0.834. The molecule has 0 atom stereocenters. The Morgan fingerprint density at radius 1 is 1.26 bits per heavy atom. The van der Waals surface area contributed by atoms with Crippen molar-refractivity contribution < 1.29 is 4.79 Å². The Kier molecular flexibility index (Phi) is 4.22. The normalized spacial score (nSPS) is 10.2. The minimum absolute atomic E-state index is 0.0600. The van der Waals surface area contributed by atoms with Crippen LogP contribution in [0.5, 0.6) is 0 Å². The lowest BCUT2D eigenvalue weighted by atomic mass is 10.1. The van der Waals surface area contributed by atoms with Crippen molar-refractivity contribution in [2.24, 2.45) is 0 Å². The van der Waals surface area contributed by atoms with Gasteiger partial charge < -0.3 is 11.1 Å². The molecule has 98 valence electrons. The molecule has 3 nitrogen and oxygen atoms in total. The van der Waals surface area contributed by atoms with Crippen LogP contribution in [0.25, 0.3) is 0 Å². The predicted octanol–water partition coefficient (Wildman–Crippen LogP) is 3.52. The zero-order chi connectivity index (χ0) is 13.8. The number of nitrogens with one attached hydrogen (secondary N) is 1. The number of rotatable bonds is 3. The fourth-order valence-corrected chi connectivity index (χ4v) is 2.32. The van der Waals surface area contributed by atoms with Gasteiger partial charge in [0.05, 0.1) is 12.1 Å². The van der Waals surface area contributed by atoms with Crippen molar-refractivity contribution >= 4 is 33.2 Å². The highest BCUT2D eigenvalue weighted by molar-refractivity contribution is 9.10. The van der Waals surface area contributed by atoms with Gasteiger partial charge in [-0.2, -0.15) is 0 Å². The van der Waals surface area contributed by atoms with E-state index in [1.807, 2.05) is 43.3 Å². The van der Waals surface area contributed by atoms with E-state index in [2.05, 4.69) is 21.2 Å². The first-order valence-electron chi connectivity index (χ1n) is 5.95. The van der Waals surface area contributed by atoms with Gasteiger partial charge in [-0.3, -0.25) is 4.79 Å². The zero-order valence-electron chi connectivity index (χ0n) is 10.6. The van der Waals surface area contributed by atoms with Gasteiger partial charge in [-0.1, -0.05) is 30.3 Å². The molecule has 0 aromatic heterocycles. The maximum absolute atomic E-state index is 12.0. The number of carbonyl (C=O) groups is 1. The van der Waals surface area contributed by atoms with Crippen LogP contribution in [0.4, 0.5) is 11.4 Å². The fourth-order valence-electron chi connectivity index (χ4n) is 1.76. The molecule has 2 aromatic rings. The molecule has 0 heterocycles. The highest BCUT2D eigenvalue weighted by Gasteiger charge is 2.08. The maximum Gasteiger partial charge on any atom is 0.228 e. The summed E-state index contributed by atoms with van der Waals surface area (Å²) in [6, 6.07) is 13.3. The standard InChI is InChI=1S/C15H15BrN2O/c1-10-7-12(16)14(9-13(10)17)18-15(19)8-11-5-3-2-4-6-11/h2-7,9H,8,17H2,1H3,(H,18,19). The van der Waals surface area contributed by atoms with Gasteiger partial charge >= 0.3 is 0 Å². The summed E-state index contributed by atoms with van der Waals surface area (Å²) in [5, 5.41) is 2.86. The van der Waals surface area contributed by atoms with Crippen LogP contribution >= 0.6 is 15.9 Å². The van der Waals surface area contributed by atoms with Crippen molar-refractivity contribution in [3.8, 4) is 0 Å². The molecule has 1 amide bonds. The van der Waals surface area contributed by atoms with Crippen molar-refractivity contribution in [3.05, 3.63) is 58.1 Å². The third-order valence-corrected chi connectivity index (χ3v) is 3.49. The highest BCUT2D eigenvalue weighted by Crippen LogP contribution is 2.27. The molecule has 0 fully saturated rings. The second-order valence-electron chi connectivity index (χ2n) is 4.40. The molecule has 0 aliphatic heterocycles. The van der Waals surface area contributed by atoms with Crippen LogP contribution in [0.2, 0.25) is 0 Å². The number of carbonyl (C=O) groups excluding carboxylic acids is 1. The Bertz CT molecular complexity index is 597. The van der Waals surface area contributed by atoms with Crippen molar-refractivity contribution in [1.29, 1.82) is 0 Å². The van der Waals surface area contributed by atoms with E-state index >= 15 is 0 Å². The van der Waals surface area contributed by atoms with E-state index in [1.165, 1.54) is 0 Å². The van der Waals surface area contributed by atoms with Gasteiger partial charge in [-0.25, -0.2) is 0 Å². The van der Waals surface area contributed by atoms with Gasteiger partial charge in [0.25, 0.3) is 0 Å². The third kappa shape index (κ3) is 3.58. The van der Waals surface area contributed by atoms with E-state index in [0.717, 1.165) is 15.6 Å². The van der Waals surface area contributed by atoms with E-state index in [1.54, 1.807) is 6.07 Å². The molecule has 0 unspecified atom stereocenters. The van der Waals surface area contributed by atoms with E-state index in [-0.39, 0.29) is 5.91 Å². The van der Waals surface area contributed by atoms with E-state index < -0.39 is 0 Å². The molecular formula is C15H15BrN2O. The number of hydrogen-bond acceptors (Lipinski definition) is 2. The van der Waals surface area contributed by atoms with Gasteiger partial charge in [-0.15, -0.1) is 0 Å². The quantitative estimate of drug-likeness (QED) is 0.851. The van der Waals surface area contributed by atoms with Crippen molar-refractivity contribution in [2.75, 3.05) is 11.1 Å². The summed E-state index contributed by atoms with van der Waals surface area (Å²) in [6.07, 6.45) is 0.348.